The summed E-state index contributed by atoms with van der Waals surface area (Å²) in [7, 11) is 0. The van der Waals surface area contributed by atoms with Gasteiger partial charge in [0.05, 0.1) is 11.3 Å². The lowest BCUT2D eigenvalue weighted by Gasteiger charge is -2.41. The van der Waals surface area contributed by atoms with Gasteiger partial charge in [0, 0.05) is 25.7 Å². The smallest absolute Gasteiger partial charge is 0.228 e. The van der Waals surface area contributed by atoms with Gasteiger partial charge >= 0.3 is 0 Å². The van der Waals surface area contributed by atoms with E-state index in [9.17, 15) is 9.59 Å². The number of hydrogen-bond acceptors (Lipinski definition) is 4. The molecule has 25 heavy (non-hydrogen) atoms. The molecule has 0 bridgehead atoms. The minimum Gasteiger partial charge on any atom is -0.342 e. The van der Waals surface area contributed by atoms with Crippen LogP contribution >= 0.6 is 0 Å². The second kappa shape index (κ2) is 7.67. The summed E-state index contributed by atoms with van der Waals surface area (Å²) in [4.78, 5) is 27.4. The van der Waals surface area contributed by atoms with E-state index in [0.717, 1.165) is 18.4 Å². The number of nitrogens with zero attached hydrogens (tertiary/aromatic N) is 1. The number of nitrogens with one attached hydrogen (secondary N) is 2. The first kappa shape index (κ1) is 18.1. The van der Waals surface area contributed by atoms with E-state index in [2.05, 4.69) is 17.8 Å². The molecule has 1 amide bonds. The van der Waals surface area contributed by atoms with E-state index in [1.807, 2.05) is 35.2 Å². The SMILES string of the molecule is CCCC1NNCC1C(=O)N1CCC(C(C)=O)(c2ccccc2)CC1. The van der Waals surface area contributed by atoms with Crippen molar-refractivity contribution >= 4 is 11.7 Å². The Labute approximate surface area is 150 Å². The van der Waals surface area contributed by atoms with Crippen molar-refractivity contribution in [2.75, 3.05) is 19.6 Å². The van der Waals surface area contributed by atoms with E-state index in [-0.39, 0.29) is 23.7 Å². The summed E-state index contributed by atoms with van der Waals surface area (Å²) < 4.78 is 0. The lowest BCUT2D eigenvalue weighted by Crippen LogP contribution is -2.51. The second-order valence-electron chi connectivity index (χ2n) is 7.36. The zero-order valence-corrected chi connectivity index (χ0v) is 15.3. The average molecular weight is 343 g/mol. The van der Waals surface area contributed by atoms with Gasteiger partial charge in [0.15, 0.2) is 0 Å². The highest BCUT2D eigenvalue weighted by Crippen LogP contribution is 2.37. The molecule has 2 heterocycles. The van der Waals surface area contributed by atoms with Gasteiger partial charge in [0.1, 0.15) is 5.78 Å². The molecule has 136 valence electrons. The number of piperidine rings is 1. The first-order valence-corrected chi connectivity index (χ1v) is 9.42. The van der Waals surface area contributed by atoms with Crippen molar-refractivity contribution in [2.45, 2.75) is 51.0 Å². The third kappa shape index (κ3) is 3.48. The number of likely N-dealkylation sites (tertiary alicyclic amines) is 1. The van der Waals surface area contributed by atoms with Gasteiger partial charge in [0.2, 0.25) is 5.91 Å². The predicted molar refractivity (Wildman–Crippen MR) is 97.9 cm³/mol. The van der Waals surface area contributed by atoms with Crippen LogP contribution in [0.4, 0.5) is 0 Å². The number of rotatable bonds is 5. The summed E-state index contributed by atoms with van der Waals surface area (Å²) in [6, 6.07) is 10.3. The number of carbonyl (C=O) groups excluding carboxylic acids is 2. The molecule has 2 atom stereocenters. The lowest BCUT2D eigenvalue weighted by molar-refractivity contribution is -0.139. The molecule has 2 aliphatic rings. The number of ketones is 1. The Balaban J connectivity index is 1.70. The molecule has 3 rings (SSSR count). The molecule has 2 fully saturated rings. The Morgan fingerprint density at radius 3 is 2.48 bits per heavy atom. The highest BCUT2D eigenvalue weighted by molar-refractivity contribution is 5.89. The molecular weight excluding hydrogens is 314 g/mol. The zero-order valence-electron chi connectivity index (χ0n) is 15.3. The Morgan fingerprint density at radius 1 is 1.20 bits per heavy atom. The predicted octanol–water partition coefficient (Wildman–Crippen LogP) is 2.03. The topological polar surface area (TPSA) is 61.4 Å². The van der Waals surface area contributed by atoms with Crippen LogP contribution in [0.1, 0.15) is 45.1 Å². The van der Waals surface area contributed by atoms with Crippen LogP contribution in [0.5, 0.6) is 0 Å². The number of Topliss-reactive ketones (excluding diaryl/α,β-unsaturated/α-hetero) is 1. The molecule has 0 aliphatic carbocycles. The average Bonchev–Trinajstić information content (AvgIpc) is 3.10. The van der Waals surface area contributed by atoms with Crippen molar-refractivity contribution in [3.8, 4) is 0 Å². The molecule has 0 radical (unpaired) electrons. The van der Waals surface area contributed by atoms with E-state index in [1.165, 1.54) is 0 Å². The minimum atomic E-state index is -0.437. The van der Waals surface area contributed by atoms with E-state index in [0.29, 0.717) is 32.5 Å². The summed E-state index contributed by atoms with van der Waals surface area (Å²) in [6.07, 6.45) is 3.48. The van der Waals surface area contributed by atoms with Gasteiger partial charge in [-0.15, -0.1) is 0 Å². The van der Waals surface area contributed by atoms with Gasteiger partial charge in [0.25, 0.3) is 0 Å². The molecule has 2 N–H and O–H groups in total. The van der Waals surface area contributed by atoms with Crippen molar-refractivity contribution in [3.63, 3.8) is 0 Å². The quantitative estimate of drug-likeness (QED) is 0.859. The van der Waals surface area contributed by atoms with E-state index >= 15 is 0 Å². The van der Waals surface area contributed by atoms with Gasteiger partial charge in [-0.1, -0.05) is 43.7 Å². The van der Waals surface area contributed by atoms with Gasteiger partial charge in [-0.3, -0.25) is 20.4 Å². The summed E-state index contributed by atoms with van der Waals surface area (Å²) in [5, 5.41) is 0. The molecule has 2 saturated heterocycles. The molecule has 0 spiro atoms. The monoisotopic (exact) mass is 343 g/mol. The van der Waals surface area contributed by atoms with Crippen LogP contribution in [0.3, 0.4) is 0 Å². The van der Waals surface area contributed by atoms with Crippen LogP contribution in [0.15, 0.2) is 30.3 Å². The number of amides is 1. The minimum absolute atomic E-state index is 0.00139. The van der Waals surface area contributed by atoms with Crippen LogP contribution in [0.25, 0.3) is 0 Å². The van der Waals surface area contributed by atoms with E-state index in [4.69, 9.17) is 0 Å². The summed E-state index contributed by atoms with van der Waals surface area (Å²) >= 11 is 0. The van der Waals surface area contributed by atoms with Crippen LogP contribution < -0.4 is 10.9 Å². The van der Waals surface area contributed by atoms with Crippen molar-refractivity contribution in [1.29, 1.82) is 0 Å². The Kier molecular flexibility index (Phi) is 5.54. The van der Waals surface area contributed by atoms with Crippen molar-refractivity contribution in [1.82, 2.24) is 15.8 Å². The summed E-state index contributed by atoms with van der Waals surface area (Å²) in [6.45, 7) is 5.83. The number of benzene rings is 1. The molecule has 5 nitrogen and oxygen atoms in total. The number of hydrazine groups is 1. The van der Waals surface area contributed by atoms with E-state index < -0.39 is 5.41 Å². The third-order valence-corrected chi connectivity index (χ3v) is 5.94. The molecule has 0 saturated carbocycles. The number of hydrogen-bond donors (Lipinski definition) is 2. The second-order valence-corrected chi connectivity index (χ2v) is 7.36. The first-order valence-electron chi connectivity index (χ1n) is 9.42. The summed E-state index contributed by atoms with van der Waals surface area (Å²) in [5.41, 5.74) is 7.02. The van der Waals surface area contributed by atoms with Crippen molar-refractivity contribution in [3.05, 3.63) is 35.9 Å². The van der Waals surface area contributed by atoms with Crippen LogP contribution in [0.2, 0.25) is 0 Å². The van der Waals surface area contributed by atoms with E-state index in [1.54, 1.807) is 6.92 Å². The highest BCUT2D eigenvalue weighted by atomic mass is 16.2. The molecular formula is C20H29N3O2. The Bertz CT molecular complexity index is 609. The third-order valence-electron chi connectivity index (χ3n) is 5.94. The molecule has 1 aromatic rings. The van der Waals surface area contributed by atoms with Crippen LogP contribution in [-0.4, -0.2) is 42.3 Å². The largest absolute Gasteiger partial charge is 0.342 e. The molecule has 2 unspecified atom stereocenters. The molecule has 0 aromatic heterocycles. The van der Waals surface area contributed by atoms with Gasteiger partial charge < -0.3 is 4.90 Å². The van der Waals surface area contributed by atoms with Crippen LogP contribution in [0, 0.1) is 5.92 Å². The zero-order chi connectivity index (χ0) is 17.9. The molecule has 1 aromatic carbocycles. The molecule has 2 aliphatic heterocycles. The lowest BCUT2D eigenvalue weighted by atomic mass is 9.70. The van der Waals surface area contributed by atoms with Gasteiger partial charge in [-0.2, -0.15) is 0 Å². The Hall–Kier alpha value is -1.72. The molecule has 5 heteroatoms. The Morgan fingerprint density at radius 2 is 1.88 bits per heavy atom. The number of carbonyl (C=O) groups is 2. The maximum atomic E-state index is 13.0. The normalized spacial score (nSPS) is 25.8. The fourth-order valence-electron chi connectivity index (χ4n) is 4.33. The van der Waals surface area contributed by atoms with Gasteiger partial charge in [-0.25, -0.2) is 0 Å². The summed E-state index contributed by atoms with van der Waals surface area (Å²) in [5.74, 6) is 0.432. The van der Waals surface area contributed by atoms with Crippen molar-refractivity contribution < 1.29 is 9.59 Å². The highest BCUT2D eigenvalue weighted by Gasteiger charge is 2.43. The maximum Gasteiger partial charge on any atom is 0.228 e. The standard InChI is InChI=1S/C20H29N3O2/c1-3-7-18-17(14-21-22-18)19(25)23-12-10-20(11-13-23,15(2)24)16-8-5-4-6-9-16/h4-6,8-9,17-18,21-22H,3,7,10-14H2,1-2H3. The van der Waals surface area contributed by atoms with Crippen LogP contribution in [-0.2, 0) is 15.0 Å². The fraction of sp³-hybridized carbons (Fsp3) is 0.600. The van der Waals surface area contributed by atoms with Crippen molar-refractivity contribution in [2.24, 2.45) is 5.92 Å². The maximum absolute atomic E-state index is 13.0. The van der Waals surface area contributed by atoms with Gasteiger partial charge in [-0.05, 0) is 31.7 Å². The first-order chi connectivity index (χ1) is 12.1. The fourth-order valence-corrected chi connectivity index (χ4v) is 4.33.